The molecule has 2 rings (SSSR count). The maximum Gasteiger partial charge on any atom is 0.203 e. The van der Waals surface area contributed by atoms with Crippen LogP contribution in [0.5, 0.6) is 0 Å². The Morgan fingerprint density at radius 3 is 2.71 bits per heavy atom. The Morgan fingerprint density at radius 1 is 1.35 bits per heavy atom. The summed E-state index contributed by atoms with van der Waals surface area (Å²) in [6.07, 6.45) is 3.83. The van der Waals surface area contributed by atoms with E-state index in [4.69, 9.17) is 0 Å². The first-order valence-electron chi connectivity index (χ1n) is 5.74. The summed E-state index contributed by atoms with van der Waals surface area (Å²) in [5.74, 6) is 0.919. The molecule has 90 valence electrons. The maximum absolute atomic E-state index is 4.31. The van der Waals surface area contributed by atoms with Gasteiger partial charge in [-0.25, -0.2) is 4.98 Å². The number of nitrogens with one attached hydrogen (secondary N) is 1. The molecule has 0 spiro atoms. The molecule has 17 heavy (non-hydrogen) atoms. The maximum atomic E-state index is 4.31. The molecule has 0 amide bonds. The summed E-state index contributed by atoms with van der Waals surface area (Å²) in [5.41, 5.74) is 1.27. The summed E-state index contributed by atoms with van der Waals surface area (Å²) < 4.78 is 3.25. The normalized spacial score (nSPS) is 12.4. The molecule has 2 aromatic rings. The van der Waals surface area contributed by atoms with Crippen molar-refractivity contribution in [3.05, 3.63) is 46.7 Å². The van der Waals surface area contributed by atoms with Gasteiger partial charge in [-0.05, 0) is 31.5 Å². The Labute approximate surface area is 110 Å². The lowest BCUT2D eigenvalue weighted by Crippen LogP contribution is -2.11. The zero-order chi connectivity index (χ0) is 12.3. The van der Waals surface area contributed by atoms with E-state index in [0.29, 0.717) is 0 Å². The lowest BCUT2D eigenvalue weighted by Gasteiger charge is -2.17. The van der Waals surface area contributed by atoms with Gasteiger partial charge in [-0.1, -0.05) is 28.1 Å². The molecule has 0 fully saturated rings. The number of anilines is 1. The van der Waals surface area contributed by atoms with E-state index >= 15 is 0 Å². The van der Waals surface area contributed by atoms with Gasteiger partial charge in [-0.15, -0.1) is 0 Å². The summed E-state index contributed by atoms with van der Waals surface area (Å²) in [4.78, 5) is 4.31. The van der Waals surface area contributed by atoms with Crippen molar-refractivity contribution in [1.29, 1.82) is 0 Å². The Bertz CT molecular complexity index is 476. The van der Waals surface area contributed by atoms with Crippen LogP contribution in [0.25, 0.3) is 0 Å². The average molecular weight is 294 g/mol. The van der Waals surface area contributed by atoms with Crippen molar-refractivity contribution in [3.63, 3.8) is 0 Å². The highest BCUT2D eigenvalue weighted by Crippen LogP contribution is 2.23. The van der Waals surface area contributed by atoms with Crippen molar-refractivity contribution in [1.82, 2.24) is 9.55 Å². The molecule has 0 saturated carbocycles. The third kappa shape index (κ3) is 2.69. The van der Waals surface area contributed by atoms with E-state index < -0.39 is 0 Å². The van der Waals surface area contributed by atoms with Gasteiger partial charge in [0.25, 0.3) is 0 Å². The lowest BCUT2D eigenvalue weighted by atomic mass is 10.1. The smallest absolute Gasteiger partial charge is 0.203 e. The van der Waals surface area contributed by atoms with Gasteiger partial charge < -0.3 is 9.88 Å². The number of halogens is 1. The van der Waals surface area contributed by atoms with Crippen molar-refractivity contribution < 1.29 is 0 Å². The number of rotatable bonds is 4. The van der Waals surface area contributed by atoms with E-state index in [2.05, 4.69) is 68.9 Å². The second kappa shape index (κ2) is 5.36. The van der Waals surface area contributed by atoms with Crippen molar-refractivity contribution >= 4 is 21.9 Å². The number of hydrogen-bond acceptors (Lipinski definition) is 2. The van der Waals surface area contributed by atoms with Crippen LogP contribution < -0.4 is 5.32 Å². The van der Waals surface area contributed by atoms with Gasteiger partial charge in [0, 0.05) is 23.4 Å². The Morgan fingerprint density at radius 2 is 2.06 bits per heavy atom. The minimum atomic E-state index is 0.277. The van der Waals surface area contributed by atoms with E-state index in [-0.39, 0.29) is 6.04 Å². The fraction of sp³-hybridized carbons (Fsp3) is 0.308. The van der Waals surface area contributed by atoms with Crippen LogP contribution in [0.3, 0.4) is 0 Å². The lowest BCUT2D eigenvalue weighted by molar-refractivity contribution is 0.644. The highest BCUT2D eigenvalue weighted by atomic mass is 79.9. The van der Waals surface area contributed by atoms with Gasteiger partial charge in [0.2, 0.25) is 5.95 Å². The molecular formula is C13H16BrN3. The molecular weight excluding hydrogens is 278 g/mol. The number of nitrogens with zero attached hydrogens (tertiary/aromatic N) is 2. The van der Waals surface area contributed by atoms with Crippen LogP contribution in [-0.4, -0.2) is 16.1 Å². The van der Waals surface area contributed by atoms with Gasteiger partial charge in [0.05, 0.1) is 6.04 Å². The first-order valence-corrected chi connectivity index (χ1v) is 6.54. The highest BCUT2D eigenvalue weighted by molar-refractivity contribution is 9.10. The molecule has 0 aliphatic rings. The first-order chi connectivity index (χ1) is 8.22. The van der Waals surface area contributed by atoms with Crippen LogP contribution in [0.2, 0.25) is 0 Å². The molecule has 0 saturated heterocycles. The van der Waals surface area contributed by atoms with E-state index in [9.17, 15) is 0 Å². The number of imidazole rings is 1. The Balaban J connectivity index is 2.26. The van der Waals surface area contributed by atoms with E-state index in [0.717, 1.165) is 17.0 Å². The second-order valence-electron chi connectivity index (χ2n) is 3.92. The van der Waals surface area contributed by atoms with Crippen LogP contribution in [0, 0.1) is 0 Å². The predicted molar refractivity (Wildman–Crippen MR) is 74.3 cm³/mol. The largest absolute Gasteiger partial charge is 0.356 e. The molecule has 0 radical (unpaired) electrons. The monoisotopic (exact) mass is 293 g/mol. The van der Waals surface area contributed by atoms with Crippen molar-refractivity contribution in [2.24, 2.45) is 0 Å². The number of aromatic nitrogens is 2. The van der Waals surface area contributed by atoms with Gasteiger partial charge in [-0.3, -0.25) is 0 Å². The first kappa shape index (κ1) is 12.2. The van der Waals surface area contributed by atoms with Gasteiger partial charge in [0.15, 0.2) is 0 Å². The van der Waals surface area contributed by atoms with Crippen LogP contribution in [0.1, 0.15) is 25.5 Å². The molecule has 3 nitrogen and oxygen atoms in total. The fourth-order valence-corrected chi connectivity index (χ4v) is 2.09. The van der Waals surface area contributed by atoms with E-state index in [1.165, 1.54) is 5.56 Å². The zero-order valence-corrected chi connectivity index (χ0v) is 11.6. The van der Waals surface area contributed by atoms with E-state index in [1.54, 1.807) is 0 Å². The molecule has 1 aromatic heterocycles. The average Bonchev–Trinajstić information content (AvgIpc) is 2.78. The Kier molecular flexibility index (Phi) is 3.84. The minimum Gasteiger partial charge on any atom is -0.356 e. The predicted octanol–water partition coefficient (Wildman–Crippen LogP) is 3.69. The molecule has 1 atom stereocenters. The Hall–Kier alpha value is -1.29. The third-order valence-corrected chi connectivity index (χ3v) is 3.30. The van der Waals surface area contributed by atoms with Crippen LogP contribution in [-0.2, 0) is 0 Å². The molecule has 1 N–H and O–H groups in total. The van der Waals surface area contributed by atoms with Crippen molar-refractivity contribution in [2.75, 3.05) is 11.9 Å². The van der Waals surface area contributed by atoms with Crippen molar-refractivity contribution in [3.8, 4) is 0 Å². The quantitative estimate of drug-likeness (QED) is 0.932. The fourth-order valence-electron chi connectivity index (χ4n) is 1.82. The van der Waals surface area contributed by atoms with Gasteiger partial charge >= 0.3 is 0 Å². The van der Waals surface area contributed by atoms with Crippen molar-refractivity contribution in [2.45, 2.75) is 19.9 Å². The topological polar surface area (TPSA) is 29.9 Å². The van der Waals surface area contributed by atoms with Crippen LogP contribution in [0.15, 0.2) is 41.1 Å². The third-order valence-electron chi connectivity index (χ3n) is 2.77. The molecule has 0 aliphatic heterocycles. The molecule has 1 heterocycles. The van der Waals surface area contributed by atoms with Gasteiger partial charge in [-0.2, -0.15) is 0 Å². The van der Waals surface area contributed by atoms with Crippen LogP contribution >= 0.6 is 15.9 Å². The SMILES string of the molecule is CCNc1nccn1C(C)c1ccc(Br)cc1. The van der Waals surface area contributed by atoms with Gasteiger partial charge in [0.1, 0.15) is 0 Å². The standard InChI is InChI=1S/C13H16BrN3/c1-3-15-13-16-8-9-17(13)10(2)11-4-6-12(14)7-5-11/h4-10H,3H2,1-2H3,(H,15,16). The molecule has 0 aliphatic carbocycles. The zero-order valence-electron chi connectivity index (χ0n) is 10.0. The van der Waals surface area contributed by atoms with Crippen LogP contribution in [0.4, 0.5) is 5.95 Å². The summed E-state index contributed by atoms with van der Waals surface area (Å²) in [6, 6.07) is 8.67. The number of hydrogen-bond donors (Lipinski definition) is 1. The highest BCUT2D eigenvalue weighted by Gasteiger charge is 2.11. The summed E-state index contributed by atoms with van der Waals surface area (Å²) in [5, 5.41) is 3.26. The summed E-state index contributed by atoms with van der Waals surface area (Å²) in [6.45, 7) is 5.12. The molecule has 1 aromatic carbocycles. The molecule has 4 heteroatoms. The number of benzene rings is 1. The second-order valence-corrected chi connectivity index (χ2v) is 4.83. The molecule has 1 unspecified atom stereocenters. The van der Waals surface area contributed by atoms with E-state index in [1.807, 2.05) is 12.4 Å². The summed E-state index contributed by atoms with van der Waals surface area (Å²) in [7, 11) is 0. The minimum absolute atomic E-state index is 0.277. The molecule has 0 bridgehead atoms. The summed E-state index contributed by atoms with van der Waals surface area (Å²) >= 11 is 3.45.